The molecule has 0 bridgehead atoms. The SMILES string of the molecule is Cc1cc(C)cc(C(O)C2(CN)CCCC2)c1. The molecule has 1 fully saturated rings. The molecule has 3 N–H and O–H groups in total. The van der Waals surface area contributed by atoms with Gasteiger partial charge >= 0.3 is 0 Å². The minimum absolute atomic E-state index is 0.0831. The van der Waals surface area contributed by atoms with Crippen LogP contribution in [0.3, 0.4) is 0 Å². The van der Waals surface area contributed by atoms with Gasteiger partial charge in [-0.25, -0.2) is 0 Å². The number of aliphatic hydroxyl groups excluding tert-OH is 1. The minimum Gasteiger partial charge on any atom is -0.388 e. The molecule has 1 atom stereocenters. The summed E-state index contributed by atoms with van der Waals surface area (Å²) >= 11 is 0. The first-order valence-electron chi connectivity index (χ1n) is 6.54. The Morgan fingerprint density at radius 1 is 1.18 bits per heavy atom. The molecule has 0 aliphatic heterocycles. The van der Waals surface area contributed by atoms with Gasteiger partial charge in [0, 0.05) is 12.0 Å². The lowest BCUT2D eigenvalue weighted by Gasteiger charge is -2.33. The normalized spacial score (nSPS) is 20.5. The summed E-state index contributed by atoms with van der Waals surface area (Å²) < 4.78 is 0. The highest BCUT2D eigenvalue weighted by Gasteiger charge is 2.40. The number of rotatable bonds is 3. The summed E-state index contributed by atoms with van der Waals surface area (Å²) in [5.74, 6) is 0. The van der Waals surface area contributed by atoms with Gasteiger partial charge in [0.1, 0.15) is 0 Å². The number of benzene rings is 1. The quantitative estimate of drug-likeness (QED) is 0.843. The van der Waals surface area contributed by atoms with Crippen LogP contribution < -0.4 is 5.73 Å². The van der Waals surface area contributed by atoms with Crippen LogP contribution in [0.5, 0.6) is 0 Å². The molecule has 0 radical (unpaired) electrons. The maximum absolute atomic E-state index is 10.6. The van der Waals surface area contributed by atoms with Crippen LogP contribution in [0.15, 0.2) is 18.2 Å². The molecule has 2 nitrogen and oxygen atoms in total. The zero-order valence-corrected chi connectivity index (χ0v) is 10.9. The average Bonchev–Trinajstić information content (AvgIpc) is 2.76. The largest absolute Gasteiger partial charge is 0.388 e. The molecule has 1 unspecified atom stereocenters. The molecule has 1 aliphatic rings. The average molecular weight is 233 g/mol. The van der Waals surface area contributed by atoms with E-state index in [2.05, 4.69) is 32.0 Å². The fourth-order valence-corrected chi connectivity index (χ4v) is 3.19. The topological polar surface area (TPSA) is 46.2 Å². The Balaban J connectivity index is 2.32. The number of aliphatic hydroxyl groups is 1. The molecule has 0 amide bonds. The molecule has 1 aliphatic carbocycles. The highest BCUT2D eigenvalue weighted by molar-refractivity contribution is 5.31. The van der Waals surface area contributed by atoms with Gasteiger partial charge in [-0.15, -0.1) is 0 Å². The van der Waals surface area contributed by atoms with E-state index in [9.17, 15) is 5.11 Å². The Labute approximate surface area is 104 Å². The molecule has 17 heavy (non-hydrogen) atoms. The molecule has 0 spiro atoms. The summed E-state index contributed by atoms with van der Waals surface area (Å²) in [6, 6.07) is 6.32. The zero-order chi connectivity index (χ0) is 12.5. The van der Waals surface area contributed by atoms with Crippen LogP contribution in [0.2, 0.25) is 0 Å². The van der Waals surface area contributed by atoms with E-state index in [-0.39, 0.29) is 5.41 Å². The van der Waals surface area contributed by atoms with E-state index >= 15 is 0 Å². The van der Waals surface area contributed by atoms with Gasteiger partial charge in [0.25, 0.3) is 0 Å². The van der Waals surface area contributed by atoms with E-state index in [0.717, 1.165) is 18.4 Å². The zero-order valence-electron chi connectivity index (χ0n) is 10.9. The van der Waals surface area contributed by atoms with Crippen molar-refractivity contribution in [3.05, 3.63) is 34.9 Å². The second-order valence-electron chi connectivity index (χ2n) is 5.60. The molecule has 0 aromatic heterocycles. The lowest BCUT2D eigenvalue weighted by atomic mass is 9.77. The van der Waals surface area contributed by atoms with Gasteiger partial charge in [-0.2, -0.15) is 0 Å². The summed E-state index contributed by atoms with van der Waals surface area (Å²) in [5, 5.41) is 10.6. The Hall–Kier alpha value is -0.860. The summed E-state index contributed by atoms with van der Waals surface area (Å²) in [5.41, 5.74) is 9.30. The van der Waals surface area contributed by atoms with Gasteiger partial charge in [0.15, 0.2) is 0 Å². The van der Waals surface area contributed by atoms with Crippen LogP contribution >= 0.6 is 0 Å². The Morgan fingerprint density at radius 3 is 2.18 bits per heavy atom. The monoisotopic (exact) mass is 233 g/mol. The molecule has 94 valence electrons. The van der Waals surface area contributed by atoms with Crippen molar-refractivity contribution >= 4 is 0 Å². The first kappa shape index (κ1) is 12.6. The Kier molecular flexibility index (Phi) is 3.55. The highest BCUT2D eigenvalue weighted by atomic mass is 16.3. The summed E-state index contributed by atoms with van der Waals surface area (Å²) in [6.07, 6.45) is 4.08. The standard InChI is InChI=1S/C15H23NO/c1-11-7-12(2)9-13(8-11)14(17)15(10-16)5-3-4-6-15/h7-9,14,17H,3-6,10,16H2,1-2H3. The molecule has 1 aromatic rings. The van der Waals surface area contributed by atoms with Crippen LogP contribution in [0, 0.1) is 19.3 Å². The molecule has 2 rings (SSSR count). The fraction of sp³-hybridized carbons (Fsp3) is 0.600. The van der Waals surface area contributed by atoms with Crippen molar-refractivity contribution in [3.8, 4) is 0 Å². The number of nitrogens with two attached hydrogens (primary N) is 1. The van der Waals surface area contributed by atoms with Crippen LogP contribution in [0.4, 0.5) is 0 Å². The summed E-state index contributed by atoms with van der Waals surface area (Å²) in [7, 11) is 0. The molecular formula is C15H23NO. The number of aryl methyl sites for hydroxylation is 2. The Bertz CT molecular complexity index is 374. The van der Waals surface area contributed by atoms with Crippen molar-refractivity contribution < 1.29 is 5.11 Å². The van der Waals surface area contributed by atoms with Crippen molar-refractivity contribution in [1.82, 2.24) is 0 Å². The predicted molar refractivity (Wildman–Crippen MR) is 70.8 cm³/mol. The second kappa shape index (κ2) is 4.79. The lowest BCUT2D eigenvalue weighted by molar-refractivity contribution is 0.0332. The van der Waals surface area contributed by atoms with E-state index in [1.165, 1.54) is 24.0 Å². The minimum atomic E-state index is -0.409. The van der Waals surface area contributed by atoms with Crippen LogP contribution in [-0.2, 0) is 0 Å². The molecule has 1 aromatic carbocycles. The molecule has 1 saturated carbocycles. The first-order chi connectivity index (χ1) is 8.07. The molecular weight excluding hydrogens is 210 g/mol. The van der Waals surface area contributed by atoms with Crippen molar-refractivity contribution in [3.63, 3.8) is 0 Å². The van der Waals surface area contributed by atoms with E-state index < -0.39 is 6.10 Å². The highest BCUT2D eigenvalue weighted by Crippen LogP contribution is 2.46. The van der Waals surface area contributed by atoms with Crippen molar-refractivity contribution in [1.29, 1.82) is 0 Å². The van der Waals surface area contributed by atoms with Gasteiger partial charge in [0.2, 0.25) is 0 Å². The van der Waals surface area contributed by atoms with E-state index in [1.807, 2.05) is 0 Å². The van der Waals surface area contributed by atoms with Crippen molar-refractivity contribution in [2.45, 2.75) is 45.6 Å². The maximum Gasteiger partial charge on any atom is 0.0858 e. The smallest absolute Gasteiger partial charge is 0.0858 e. The maximum atomic E-state index is 10.6. The van der Waals surface area contributed by atoms with Crippen molar-refractivity contribution in [2.75, 3.05) is 6.54 Å². The van der Waals surface area contributed by atoms with Gasteiger partial charge in [0.05, 0.1) is 6.10 Å². The van der Waals surface area contributed by atoms with Gasteiger partial charge in [-0.1, -0.05) is 42.2 Å². The molecule has 0 heterocycles. The van der Waals surface area contributed by atoms with Crippen LogP contribution in [0.25, 0.3) is 0 Å². The van der Waals surface area contributed by atoms with Gasteiger partial charge in [-0.3, -0.25) is 0 Å². The van der Waals surface area contributed by atoms with E-state index in [0.29, 0.717) is 6.54 Å². The summed E-state index contributed by atoms with van der Waals surface area (Å²) in [6.45, 7) is 4.74. The van der Waals surface area contributed by atoms with E-state index in [1.54, 1.807) is 0 Å². The number of hydrogen-bond acceptors (Lipinski definition) is 2. The van der Waals surface area contributed by atoms with Crippen molar-refractivity contribution in [2.24, 2.45) is 11.1 Å². The third kappa shape index (κ3) is 2.38. The van der Waals surface area contributed by atoms with Gasteiger partial charge < -0.3 is 10.8 Å². The summed E-state index contributed by atoms with van der Waals surface area (Å²) in [4.78, 5) is 0. The lowest BCUT2D eigenvalue weighted by Crippen LogP contribution is -2.34. The molecule has 0 saturated heterocycles. The second-order valence-corrected chi connectivity index (χ2v) is 5.60. The predicted octanol–water partition coefficient (Wildman–Crippen LogP) is 2.86. The molecule has 2 heteroatoms. The first-order valence-corrected chi connectivity index (χ1v) is 6.54. The number of hydrogen-bond donors (Lipinski definition) is 2. The Morgan fingerprint density at radius 2 is 1.71 bits per heavy atom. The van der Waals surface area contributed by atoms with Gasteiger partial charge in [-0.05, 0) is 32.3 Å². The fourth-order valence-electron chi connectivity index (χ4n) is 3.19. The third-order valence-corrected chi connectivity index (χ3v) is 4.15. The van der Waals surface area contributed by atoms with E-state index in [4.69, 9.17) is 5.73 Å². The third-order valence-electron chi connectivity index (χ3n) is 4.15. The van der Waals surface area contributed by atoms with Crippen LogP contribution in [0.1, 0.15) is 48.5 Å². The van der Waals surface area contributed by atoms with Crippen LogP contribution in [-0.4, -0.2) is 11.7 Å².